The second kappa shape index (κ2) is 5.57. The summed E-state index contributed by atoms with van der Waals surface area (Å²) < 4.78 is 20.3. The van der Waals surface area contributed by atoms with Crippen molar-refractivity contribution in [3.8, 4) is 11.5 Å². The molecule has 0 fully saturated rings. The van der Waals surface area contributed by atoms with Gasteiger partial charge in [0.25, 0.3) is 0 Å². The summed E-state index contributed by atoms with van der Waals surface area (Å²) in [5.41, 5.74) is 1.36. The Labute approximate surface area is 125 Å². The molecule has 6 nitrogen and oxygen atoms in total. The fourth-order valence-corrected chi connectivity index (χ4v) is 2.21. The third kappa shape index (κ3) is 2.62. The Kier molecular flexibility index (Phi) is 3.62. The minimum atomic E-state index is -0.520. The molecule has 1 aliphatic heterocycles. The molecule has 0 unspecified atom stereocenters. The van der Waals surface area contributed by atoms with E-state index in [0.29, 0.717) is 34.3 Å². The van der Waals surface area contributed by atoms with Crippen LogP contribution in [0.1, 0.15) is 16.1 Å². The maximum Gasteiger partial charge on any atom is 0.374 e. The molecule has 0 aliphatic carbocycles. The van der Waals surface area contributed by atoms with Crippen molar-refractivity contribution in [1.82, 2.24) is 0 Å². The molecule has 110 valence electrons. The van der Waals surface area contributed by atoms with Gasteiger partial charge >= 0.3 is 5.97 Å². The minimum Gasteiger partial charge on any atom is -0.463 e. The van der Waals surface area contributed by atoms with E-state index in [1.54, 1.807) is 18.2 Å². The van der Waals surface area contributed by atoms with Crippen molar-refractivity contribution in [3.63, 3.8) is 0 Å². The summed E-state index contributed by atoms with van der Waals surface area (Å²) in [7, 11) is 1.30. The number of rotatable bonds is 4. The zero-order valence-corrected chi connectivity index (χ0v) is 11.9. The van der Waals surface area contributed by atoms with Gasteiger partial charge in [-0.15, -0.1) is 0 Å². The molecule has 7 heteroatoms. The lowest BCUT2D eigenvalue weighted by Crippen LogP contribution is -2.07. The number of furan rings is 1. The summed E-state index contributed by atoms with van der Waals surface area (Å²) >= 11 is 6.16. The van der Waals surface area contributed by atoms with Gasteiger partial charge in [0.1, 0.15) is 0 Å². The van der Waals surface area contributed by atoms with Crippen LogP contribution in [-0.2, 0) is 11.3 Å². The van der Waals surface area contributed by atoms with Gasteiger partial charge in [-0.3, -0.25) is 0 Å². The molecule has 1 N–H and O–H groups in total. The van der Waals surface area contributed by atoms with Crippen molar-refractivity contribution in [3.05, 3.63) is 40.8 Å². The first-order chi connectivity index (χ1) is 10.2. The maximum absolute atomic E-state index is 11.5. The summed E-state index contributed by atoms with van der Waals surface area (Å²) in [4.78, 5) is 11.5. The summed E-state index contributed by atoms with van der Waals surface area (Å²) in [5, 5.41) is 3.63. The highest BCUT2D eigenvalue weighted by Gasteiger charge is 2.18. The van der Waals surface area contributed by atoms with Crippen molar-refractivity contribution in [2.24, 2.45) is 0 Å². The van der Waals surface area contributed by atoms with Crippen LogP contribution in [0.25, 0.3) is 0 Å². The van der Waals surface area contributed by atoms with Crippen LogP contribution in [0.3, 0.4) is 0 Å². The zero-order valence-electron chi connectivity index (χ0n) is 11.1. The van der Waals surface area contributed by atoms with Crippen LogP contribution in [0.4, 0.5) is 5.69 Å². The summed E-state index contributed by atoms with van der Waals surface area (Å²) in [6.07, 6.45) is 1.44. The molecule has 0 radical (unpaired) electrons. The first-order valence-electron chi connectivity index (χ1n) is 6.16. The molecular formula is C14H12ClNO5. The molecule has 0 saturated carbocycles. The van der Waals surface area contributed by atoms with Crippen molar-refractivity contribution in [2.75, 3.05) is 19.2 Å². The van der Waals surface area contributed by atoms with Gasteiger partial charge < -0.3 is 23.9 Å². The molecule has 0 bridgehead atoms. The van der Waals surface area contributed by atoms with Crippen LogP contribution in [0, 0.1) is 0 Å². The van der Waals surface area contributed by atoms with Gasteiger partial charge in [-0.2, -0.15) is 0 Å². The second-order valence-corrected chi connectivity index (χ2v) is 4.71. The van der Waals surface area contributed by atoms with E-state index in [1.807, 2.05) is 0 Å². The molecular weight excluding hydrogens is 298 g/mol. The van der Waals surface area contributed by atoms with Crippen molar-refractivity contribution >= 4 is 23.3 Å². The number of nitrogens with one attached hydrogen (secondary N) is 1. The molecule has 2 aromatic rings. The Balaban J connectivity index is 1.77. The lowest BCUT2D eigenvalue weighted by Gasteiger charge is -2.09. The lowest BCUT2D eigenvalue weighted by atomic mass is 10.2. The number of esters is 1. The van der Waals surface area contributed by atoms with Crippen LogP contribution in [0.2, 0.25) is 5.02 Å². The minimum absolute atomic E-state index is 0.168. The Morgan fingerprint density at radius 3 is 2.90 bits per heavy atom. The predicted octanol–water partition coefficient (Wildman–Crippen LogP) is 3.06. The third-order valence-corrected chi connectivity index (χ3v) is 3.36. The summed E-state index contributed by atoms with van der Waals surface area (Å²) in [6.45, 7) is 0.545. The first kappa shape index (κ1) is 13.6. The highest BCUT2D eigenvalue weighted by molar-refractivity contribution is 6.33. The van der Waals surface area contributed by atoms with Crippen molar-refractivity contribution < 1.29 is 23.4 Å². The van der Waals surface area contributed by atoms with Crippen LogP contribution in [-0.4, -0.2) is 19.9 Å². The molecule has 0 spiro atoms. The van der Waals surface area contributed by atoms with Gasteiger partial charge in [-0.1, -0.05) is 11.6 Å². The number of benzene rings is 1. The third-order valence-electron chi connectivity index (χ3n) is 3.05. The highest BCUT2D eigenvalue weighted by atomic mass is 35.5. The van der Waals surface area contributed by atoms with Crippen LogP contribution in [0.5, 0.6) is 11.5 Å². The maximum atomic E-state index is 11.5. The number of anilines is 1. The average molecular weight is 310 g/mol. The van der Waals surface area contributed by atoms with Gasteiger partial charge in [0.2, 0.25) is 12.6 Å². The van der Waals surface area contributed by atoms with E-state index in [9.17, 15) is 4.79 Å². The van der Waals surface area contributed by atoms with E-state index < -0.39 is 5.97 Å². The van der Waals surface area contributed by atoms with Gasteiger partial charge in [-0.05, 0) is 6.07 Å². The highest BCUT2D eigenvalue weighted by Crippen LogP contribution is 2.39. The fourth-order valence-electron chi connectivity index (χ4n) is 1.99. The normalized spacial score (nSPS) is 12.3. The number of fused-ring (bicyclic) bond motifs is 1. The quantitative estimate of drug-likeness (QED) is 0.875. The number of ether oxygens (including phenoxy) is 3. The van der Waals surface area contributed by atoms with E-state index in [0.717, 1.165) is 0 Å². The van der Waals surface area contributed by atoms with E-state index >= 15 is 0 Å². The second-order valence-electron chi connectivity index (χ2n) is 4.31. The Morgan fingerprint density at radius 1 is 1.38 bits per heavy atom. The molecule has 1 aromatic carbocycles. The van der Waals surface area contributed by atoms with E-state index in [4.69, 9.17) is 25.5 Å². The topological polar surface area (TPSA) is 69.9 Å². The van der Waals surface area contributed by atoms with Crippen LogP contribution >= 0.6 is 11.6 Å². The van der Waals surface area contributed by atoms with Gasteiger partial charge in [0, 0.05) is 24.2 Å². The summed E-state index contributed by atoms with van der Waals surface area (Å²) in [5.74, 6) is 0.891. The van der Waals surface area contributed by atoms with Crippen LogP contribution < -0.4 is 14.8 Å². The molecule has 1 aromatic heterocycles. The Bertz CT molecular complexity index is 682. The zero-order chi connectivity index (χ0) is 14.8. The SMILES string of the molecule is COC(=O)c1occc1CNc1cc2c(cc1Cl)OCO2. The van der Waals surface area contributed by atoms with Gasteiger partial charge in [-0.25, -0.2) is 4.79 Å². The Morgan fingerprint density at radius 2 is 2.14 bits per heavy atom. The number of halogens is 1. The van der Waals surface area contributed by atoms with E-state index in [1.165, 1.54) is 13.4 Å². The van der Waals surface area contributed by atoms with Crippen LogP contribution in [0.15, 0.2) is 28.9 Å². The first-order valence-corrected chi connectivity index (χ1v) is 6.54. The van der Waals surface area contributed by atoms with Crippen molar-refractivity contribution in [1.29, 1.82) is 0 Å². The van der Waals surface area contributed by atoms with Gasteiger partial charge in [0.05, 0.1) is 24.1 Å². The smallest absolute Gasteiger partial charge is 0.374 e. The van der Waals surface area contributed by atoms with Crippen molar-refractivity contribution in [2.45, 2.75) is 6.54 Å². The molecule has 2 heterocycles. The predicted molar refractivity (Wildman–Crippen MR) is 74.9 cm³/mol. The molecule has 0 saturated heterocycles. The number of carbonyl (C=O) groups is 1. The summed E-state index contributed by atoms with van der Waals surface area (Å²) in [6, 6.07) is 5.13. The van der Waals surface area contributed by atoms with Gasteiger partial charge in [0.15, 0.2) is 11.5 Å². The average Bonchev–Trinajstić information content (AvgIpc) is 3.12. The molecule has 0 atom stereocenters. The standard InChI is InChI=1S/C14H12ClNO5/c1-18-14(17)13-8(2-3-19-13)6-16-10-5-12-11(4-9(10)15)20-7-21-12/h2-5,16H,6-7H2,1H3. The molecule has 0 amide bonds. The number of hydrogen-bond acceptors (Lipinski definition) is 6. The number of methoxy groups -OCH3 is 1. The molecule has 21 heavy (non-hydrogen) atoms. The largest absolute Gasteiger partial charge is 0.463 e. The number of carbonyl (C=O) groups excluding carboxylic acids is 1. The number of hydrogen-bond donors (Lipinski definition) is 1. The van der Waals surface area contributed by atoms with E-state index in [2.05, 4.69) is 10.1 Å². The molecule has 1 aliphatic rings. The monoisotopic (exact) mass is 309 g/mol. The molecule has 3 rings (SSSR count). The Hall–Kier alpha value is -2.34. The fraction of sp³-hybridized carbons (Fsp3) is 0.214. The van der Waals surface area contributed by atoms with E-state index in [-0.39, 0.29) is 12.6 Å². The lowest BCUT2D eigenvalue weighted by molar-refractivity contribution is 0.0563.